The summed E-state index contributed by atoms with van der Waals surface area (Å²) in [6.45, 7) is 0.243. The van der Waals surface area contributed by atoms with Crippen molar-refractivity contribution in [3.8, 4) is 0 Å². The summed E-state index contributed by atoms with van der Waals surface area (Å²) in [5.74, 6) is -0.722. The number of carbonyl (C=O) groups is 1. The summed E-state index contributed by atoms with van der Waals surface area (Å²) in [7, 11) is 1.89. The predicted molar refractivity (Wildman–Crippen MR) is 96.5 cm³/mol. The Labute approximate surface area is 146 Å². The minimum Gasteiger partial charge on any atom is -0.408 e. The average Bonchev–Trinajstić information content (AvgIpc) is 3.10. The van der Waals surface area contributed by atoms with E-state index in [2.05, 4.69) is 4.99 Å². The maximum Gasteiger partial charge on any atom is 0.419 e. The quantitative estimate of drug-likeness (QED) is 0.569. The number of hydrogen-bond acceptors (Lipinski definition) is 4. The van der Waals surface area contributed by atoms with Crippen molar-refractivity contribution in [2.75, 3.05) is 0 Å². The van der Waals surface area contributed by atoms with Gasteiger partial charge in [0.2, 0.25) is 5.91 Å². The van der Waals surface area contributed by atoms with Crippen LogP contribution in [0.5, 0.6) is 0 Å². The van der Waals surface area contributed by atoms with Crippen LogP contribution in [0, 0.1) is 0 Å². The number of aryl methyl sites for hydroxylation is 2. The first-order chi connectivity index (χ1) is 12.1. The third kappa shape index (κ3) is 2.83. The standard InChI is InChI=1S/C18H15N3O3S/c1-20-13-7-3-5-9-15(13)25-17(20)19-16(22)10-11-21-12-6-2-4-8-14(12)24-18(21)23/h2-9H,10-11H2,1H3. The summed E-state index contributed by atoms with van der Waals surface area (Å²) in [5.41, 5.74) is 2.25. The Bertz CT molecular complexity index is 1210. The highest BCUT2D eigenvalue weighted by Gasteiger charge is 2.10. The fraction of sp³-hybridized carbons (Fsp3) is 0.167. The molecule has 0 aliphatic rings. The van der Waals surface area contributed by atoms with Crippen LogP contribution in [0.1, 0.15) is 6.42 Å². The first kappa shape index (κ1) is 15.6. The molecule has 2 aromatic heterocycles. The van der Waals surface area contributed by atoms with Crippen molar-refractivity contribution in [2.24, 2.45) is 12.0 Å². The van der Waals surface area contributed by atoms with Crippen LogP contribution >= 0.6 is 11.3 Å². The molecule has 0 radical (unpaired) electrons. The molecule has 0 unspecified atom stereocenters. The van der Waals surface area contributed by atoms with Crippen molar-refractivity contribution in [1.29, 1.82) is 0 Å². The highest BCUT2D eigenvalue weighted by Crippen LogP contribution is 2.15. The fourth-order valence-electron chi connectivity index (χ4n) is 2.78. The van der Waals surface area contributed by atoms with E-state index in [1.165, 1.54) is 15.9 Å². The van der Waals surface area contributed by atoms with Crippen LogP contribution < -0.4 is 10.6 Å². The molecule has 0 atom stereocenters. The number of amides is 1. The Kier molecular flexibility index (Phi) is 3.85. The van der Waals surface area contributed by atoms with Gasteiger partial charge in [-0.15, -0.1) is 0 Å². The zero-order valence-corrected chi connectivity index (χ0v) is 14.3. The molecule has 2 aromatic carbocycles. The molecule has 0 bridgehead atoms. The van der Waals surface area contributed by atoms with E-state index in [1.54, 1.807) is 18.2 Å². The molecular formula is C18H15N3O3S. The van der Waals surface area contributed by atoms with E-state index in [-0.39, 0.29) is 18.9 Å². The van der Waals surface area contributed by atoms with Gasteiger partial charge in [-0.25, -0.2) is 4.79 Å². The highest BCUT2D eigenvalue weighted by molar-refractivity contribution is 7.16. The monoisotopic (exact) mass is 353 g/mol. The molecule has 6 nitrogen and oxygen atoms in total. The average molecular weight is 353 g/mol. The van der Waals surface area contributed by atoms with Gasteiger partial charge in [0, 0.05) is 20.0 Å². The van der Waals surface area contributed by atoms with Gasteiger partial charge in [0.25, 0.3) is 0 Å². The number of benzene rings is 2. The topological polar surface area (TPSA) is 69.5 Å². The second-order valence-corrected chi connectivity index (χ2v) is 6.66. The SMILES string of the molecule is Cn1c(=NC(=O)CCn2c(=O)oc3ccccc32)sc2ccccc21. The number of para-hydroxylation sites is 3. The number of thiazole rings is 1. The maximum atomic E-state index is 12.3. The smallest absolute Gasteiger partial charge is 0.408 e. The number of nitrogens with zero attached hydrogens (tertiary/aromatic N) is 3. The molecule has 7 heteroatoms. The van der Waals surface area contributed by atoms with E-state index < -0.39 is 5.76 Å². The van der Waals surface area contributed by atoms with Crippen LogP contribution in [-0.4, -0.2) is 15.0 Å². The zero-order chi connectivity index (χ0) is 17.4. The second kappa shape index (κ2) is 6.18. The lowest BCUT2D eigenvalue weighted by Crippen LogP contribution is -2.18. The van der Waals surface area contributed by atoms with Crippen LogP contribution in [0.25, 0.3) is 21.3 Å². The third-order valence-electron chi connectivity index (χ3n) is 4.06. The Morgan fingerprint density at radius 1 is 1.12 bits per heavy atom. The highest BCUT2D eigenvalue weighted by atomic mass is 32.1. The lowest BCUT2D eigenvalue weighted by molar-refractivity contribution is -0.118. The molecule has 1 amide bonds. The van der Waals surface area contributed by atoms with Crippen molar-refractivity contribution >= 4 is 38.6 Å². The summed E-state index contributed by atoms with van der Waals surface area (Å²) in [5, 5.41) is 0. The van der Waals surface area contributed by atoms with Gasteiger partial charge in [-0.2, -0.15) is 4.99 Å². The molecule has 0 aliphatic carbocycles. The number of carbonyl (C=O) groups excluding carboxylic acids is 1. The fourth-order valence-corrected chi connectivity index (χ4v) is 3.82. The Morgan fingerprint density at radius 2 is 1.84 bits per heavy atom. The molecule has 0 saturated heterocycles. The lowest BCUT2D eigenvalue weighted by atomic mass is 10.3. The number of oxazole rings is 1. The molecule has 0 N–H and O–H groups in total. The van der Waals surface area contributed by atoms with Gasteiger partial charge in [-0.3, -0.25) is 9.36 Å². The molecule has 2 heterocycles. The van der Waals surface area contributed by atoms with Crippen LogP contribution in [-0.2, 0) is 18.4 Å². The Balaban J connectivity index is 1.60. The van der Waals surface area contributed by atoms with E-state index in [9.17, 15) is 9.59 Å². The molecule has 0 fully saturated rings. The van der Waals surface area contributed by atoms with E-state index in [4.69, 9.17) is 4.42 Å². The molecule has 0 aliphatic heterocycles. The number of hydrogen-bond donors (Lipinski definition) is 0. The molecule has 0 saturated carbocycles. The first-order valence-corrected chi connectivity index (χ1v) is 8.65. The molecule has 4 aromatic rings. The van der Waals surface area contributed by atoms with Crippen LogP contribution in [0.3, 0.4) is 0 Å². The van der Waals surface area contributed by atoms with Crippen LogP contribution in [0.15, 0.2) is 62.7 Å². The number of fused-ring (bicyclic) bond motifs is 2. The minimum atomic E-state index is -0.457. The largest absolute Gasteiger partial charge is 0.419 e. The van der Waals surface area contributed by atoms with Crippen LogP contribution in [0.4, 0.5) is 0 Å². The molecular weight excluding hydrogens is 338 g/mol. The first-order valence-electron chi connectivity index (χ1n) is 7.84. The summed E-state index contributed by atoms with van der Waals surface area (Å²) in [6, 6.07) is 15.1. The summed E-state index contributed by atoms with van der Waals surface area (Å²) >= 11 is 1.47. The summed E-state index contributed by atoms with van der Waals surface area (Å²) in [4.78, 5) is 29.0. The van der Waals surface area contributed by atoms with Crippen molar-refractivity contribution in [1.82, 2.24) is 9.13 Å². The van der Waals surface area contributed by atoms with E-state index in [0.717, 1.165) is 10.2 Å². The van der Waals surface area contributed by atoms with E-state index in [1.807, 2.05) is 41.9 Å². The summed E-state index contributed by atoms with van der Waals surface area (Å²) < 4.78 is 9.62. The lowest BCUT2D eigenvalue weighted by Gasteiger charge is -1.99. The molecule has 126 valence electrons. The number of aromatic nitrogens is 2. The van der Waals surface area contributed by atoms with Crippen molar-refractivity contribution < 1.29 is 9.21 Å². The Hall–Kier alpha value is -2.93. The Morgan fingerprint density at radius 3 is 2.64 bits per heavy atom. The van der Waals surface area contributed by atoms with Gasteiger partial charge >= 0.3 is 5.76 Å². The number of rotatable bonds is 3. The summed E-state index contributed by atoms with van der Waals surface area (Å²) in [6.07, 6.45) is 0.137. The second-order valence-electron chi connectivity index (χ2n) is 5.65. The third-order valence-corrected chi connectivity index (χ3v) is 5.17. The van der Waals surface area contributed by atoms with Gasteiger partial charge in [0.1, 0.15) is 0 Å². The van der Waals surface area contributed by atoms with Crippen LogP contribution in [0.2, 0.25) is 0 Å². The van der Waals surface area contributed by atoms with Crippen molar-refractivity contribution in [3.63, 3.8) is 0 Å². The van der Waals surface area contributed by atoms with E-state index >= 15 is 0 Å². The zero-order valence-electron chi connectivity index (χ0n) is 13.5. The predicted octanol–water partition coefficient (Wildman–Crippen LogP) is 2.67. The van der Waals surface area contributed by atoms with Crippen molar-refractivity contribution in [2.45, 2.75) is 13.0 Å². The molecule has 25 heavy (non-hydrogen) atoms. The van der Waals surface area contributed by atoms with Gasteiger partial charge in [-0.1, -0.05) is 35.6 Å². The molecule has 4 rings (SSSR count). The van der Waals surface area contributed by atoms with Gasteiger partial charge in [0.05, 0.1) is 15.7 Å². The van der Waals surface area contributed by atoms with Gasteiger partial charge in [0.15, 0.2) is 10.4 Å². The maximum absolute atomic E-state index is 12.3. The van der Waals surface area contributed by atoms with Gasteiger partial charge in [-0.05, 0) is 24.3 Å². The van der Waals surface area contributed by atoms with Crippen molar-refractivity contribution in [3.05, 3.63) is 63.9 Å². The normalized spacial score (nSPS) is 12.3. The minimum absolute atomic E-state index is 0.137. The molecule has 0 spiro atoms. The van der Waals surface area contributed by atoms with Gasteiger partial charge < -0.3 is 8.98 Å². The van der Waals surface area contributed by atoms with E-state index in [0.29, 0.717) is 15.9 Å².